The van der Waals surface area contributed by atoms with Crippen LogP contribution in [-0.4, -0.2) is 18.2 Å². The van der Waals surface area contributed by atoms with Crippen molar-refractivity contribution in [2.45, 2.75) is 26.4 Å². The molecule has 0 bridgehead atoms. The predicted molar refractivity (Wildman–Crippen MR) is 64.3 cm³/mol. The quantitative estimate of drug-likeness (QED) is 0.759. The molecule has 1 unspecified atom stereocenters. The molecule has 0 heterocycles. The van der Waals surface area contributed by atoms with Crippen molar-refractivity contribution in [2.75, 3.05) is 13.1 Å². The number of aliphatic hydroxyl groups excluding tert-OH is 1. The van der Waals surface area contributed by atoms with E-state index in [1.54, 1.807) is 0 Å². The molecule has 1 aromatic rings. The molecule has 15 heavy (non-hydrogen) atoms. The molecule has 1 aromatic carbocycles. The van der Waals surface area contributed by atoms with Crippen LogP contribution in [0.1, 0.15) is 30.6 Å². The monoisotopic (exact) mass is 227 g/mol. The third-order valence-electron chi connectivity index (χ3n) is 2.33. The highest BCUT2D eigenvalue weighted by Crippen LogP contribution is 2.20. The molecule has 0 radical (unpaired) electrons. The maximum absolute atomic E-state index is 9.86. The van der Waals surface area contributed by atoms with E-state index < -0.39 is 6.10 Å². The van der Waals surface area contributed by atoms with E-state index >= 15 is 0 Å². The predicted octanol–water partition coefficient (Wildman–Crippen LogP) is 2.68. The van der Waals surface area contributed by atoms with E-state index in [1.165, 1.54) is 0 Å². The fourth-order valence-corrected chi connectivity index (χ4v) is 1.53. The number of hydrogen-bond donors (Lipinski definition) is 2. The molecule has 1 rings (SSSR count). The van der Waals surface area contributed by atoms with E-state index in [0.717, 1.165) is 29.1 Å². The zero-order valence-electron chi connectivity index (χ0n) is 9.26. The number of rotatable bonds is 5. The van der Waals surface area contributed by atoms with Crippen LogP contribution in [0.3, 0.4) is 0 Å². The van der Waals surface area contributed by atoms with Crippen molar-refractivity contribution < 1.29 is 5.11 Å². The topological polar surface area (TPSA) is 32.3 Å². The normalized spacial score (nSPS) is 12.8. The highest BCUT2D eigenvalue weighted by Gasteiger charge is 2.07. The van der Waals surface area contributed by atoms with Crippen LogP contribution < -0.4 is 5.32 Å². The Balaban J connectivity index is 2.57. The molecular formula is C12H18ClNO. The van der Waals surface area contributed by atoms with Crippen LogP contribution in [0.4, 0.5) is 0 Å². The minimum atomic E-state index is -0.451. The van der Waals surface area contributed by atoms with Gasteiger partial charge >= 0.3 is 0 Å². The van der Waals surface area contributed by atoms with Gasteiger partial charge in [0.05, 0.1) is 6.10 Å². The van der Waals surface area contributed by atoms with Crippen molar-refractivity contribution in [2.24, 2.45) is 0 Å². The highest BCUT2D eigenvalue weighted by atomic mass is 35.5. The zero-order valence-corrected chi connectivity index (χ0v) is 10.0. The Bertz CT molecular complexity index is 314. The Labute approximate surface area is 96.3 Å². The largest absolute Gasteiger partial charge is 0.387 e. The van der Waals surface area contributed by atoms with Crippen molar-refractivity contribution in [1.82, 2.24) is 5.32 Å². The average molecular weight is 228 g/mol. The molecule has 3 heteroatoms. The van der Waals surface area contributed by atoms with E-state index in [9.17, 15) is 5.11 Å². The maximum atomic E-state index is 9.86. The summed E-state index contributed by atoms with van der Waals surface area (Å²) >= 11 is 5.91. The fourth-order valence-electron chi connectivity index (χ4n) is 1.41. The summed E-state index contributed by atoms with van der Waals surface area (Å²) < 4.78 is 0. The van der Waals surface area contributed by atoms with Gasteiger partial charge in [-0.1, -0.05) is 30.7 Å². The molecule has 0 amide bonds. The van der Waals surface area contributed by atoms with Crippen LogP contribution in [0, 0.1) is 6.92 Å². The van der Waals surface area contributed by atoms with Gasteiger partial charge in [-0.15, -0.1) is 0 Å². The van der Waals surface area contributed by atoms with E-state index in [2.05, 4.69) is 12.2 Å². The van der Waals surface area contributed by atoms with Gasteiger partial charge in [-0.2, -0.15) is 0 Å². The van der Waals surface area contributed by atoms with Crippen molar-refractivity contribution in [3.05, 3.63) is 34.3 Å². The van der Waals surface area contributed by atoms with Gasteiger partial charge in [-0.25, -0.2) is 0 Å². The number of aliphatic hydroxyl groups is 1. The minimum absolute atomic E-state index is 0.451. The molecule has 0 aliphatic carbocycles. The second-order valence-electron chi connectivity index (χ2n) is 3.73. The Morgan fingerprint density at radius 3 is 2.80 bits per heavy atom. The number of hydrogen-bond acceptors (Lipinski definition) is 2. The van der Waals surface area contributed by atoms with Crippen LogP contribution >= 0.6 is 11.6 Å². The zero-order chi connectivity index (χ0) is 11.3. The van der Waals surface area contributed by atoms with Gasteiger partial charge in [0.25, 0.3) is 0 Å². The molecule has 2 nitrogen and oxygen atoms in total. The second kappa shape index (κ2) is 6.11. The highest BCUT2D eigenvalue weighted by molar-refractivity contribution is 6.31. The van der Waals surface area contributed by atoms with Crippen molar-refractivity contribution in [3.63, 3.8) is 0 Å². The molecule has 0 aromatic heterocycles. The van der Waals surface area contributed by atoms with E-state index in [4.69, 9.17) is 11.6 Å². The lowest BCUT2D eigenvalue weighted by Gasteiger charge is -2.12. The summed E-state index contributed by atoms with van der Waals surface area (Å²) in [6.07, 6.45) is 0.624. The lowest BCUT2D eigenvalue weighted by Crippen LogP contribution is -2.22. The standard InChI is InChI=1S/C12H18ClNO/c1-3-6-14-8-12(15)10-4-5-11(13)9(2)7-10/h4-5,7,12,14-15H,3,6,8H2,1-2H3. The Morgan fingerprint density at radius 2 is 2.20 bits per heavy atom. The molecule has 0 saturated heterocycles. The van der Waals surface area contributed by atoms with Crippen molar-refractivity contribution in [3.8, 4) is 0 Å². The molecule has 0 fully saturated rings. The van der Waals surface area contributed by atoms with Gasteiger partial charge in [0.2, 0.25) is 0 Å². The summed E-state index contributed by atoms with van der Waals surface area (Å²) in [4.78, 5) is 0. The molecule has 0 aliphatic heterocycles. The van der Waals surface area contributed by atoms with Crippen molar-refractivity contribution >= 4 is 11.6 Å². The van der Waals surface area contributed by atoms with Gasteiger partial charge in [-0.05, 0) is 37.1 Å². The first kappa shape index (κ1) is 12.5. The lowest BCUT2D eigenvalue weighted by molar-refractivity contribution is 0.175. The molecule has 1 atom stereocenters. The van der Waals surface area contributed by atoms with Crippen LogP contribution in [0.25, 0.3) is 0 Å². The van der Waals surface area contributed by atoms with Gasteiger partial charge in [0.15, 0.2) is 0 Å². The Hall–Kier alpha value is -0.570. The van der Waals surface area contributed by atoms with Crippen LogP contribution in [0.2, 0.25) is 5.02 Å². The molecule has 0 aliphatic rings. The van der Waals surface area contributed by atoms with Gasteiger partial charge in [0, 0.05) is 11.6 Å². The van der Waals surface area contributed by atoms with Gasteiger partial charge in [0.1, 0.15) is 0 Å². The summed E-state index contributed by atoms with van der Waals surface area (Å²) in [5.74, 6) is 0. The lowest BCUT2D eigenvalue weighted by atomic mass is 10.1. The summed E-state index contributed by atoms with van der Waals surface area (Å²) in [5, 5.41) is 13.8. The third-order valence-corrected chi connectivity index (χ3v) is 2.76. The van der Waals surface area contributed by atoms with E-state index in [0.29, 0.717) is 6.54 Å². The molecule has 0 saturated carbocycles. The SMILES string of the molecule is CCCNCC(O)c1ccc(Cl)c(C)c1. The number of nitrogens with one attached hydrogen (secondary N) is 1. The fraction of sp³-hybridized carbons (Fsp3) is 0.500. The van der Waals surface area contributed by atoms with Crippen LogP contribution in [0.15, 0.2) is 18.2 Å². The molecular weight excluding hydrogens is 210 g/mol. The van der Waals surface area contributed by atoms with E-state index in [-0.39, 0.29) is 0 Å². The van der Waals surface area contributed by atoms with Crippen LogP contribution in [0.5, 0.6) is 0 Å². The molecule has 0 spiro atoms. The molecule has 84 valence electrons. The third kappa shape index (κ3) is 3.82. The van der Waals surface area contributed by atoms with Crippen molar-refractivity contribution in [1.29, 1.82) is 0 Å². The average Bonchev–Trinajstić information content (AvgIpc) is 2.22. The smallest absolute Gasteiger partial charge is 0.0914 e. The first-order valence-electron chi connectivity index (χ1n) is 5.30. The summed E-state index contributed by atoms with van der Waals surface area (Å²) in [6, 6.07) is 5.63. The number of benzene rings is 1. The van der Waals surface area contributed by atoms with Crippen LogP contribution in [-0.2, 0) is 0 Å². The molecule has 2 N–H and O–H groups in total. The first-order valence-corrected chi connectivity index (χ1v) is 5.67. The first-order chi connectivity index (χ1) is 7.15. The summed E-state index contributed by atoms with van der Waals surface area (Å²) in [5.41, 5.74) is 1.92. The Kier molecular flexibility index (Phi) is 5.09. The van der Waals surface area contributed by atoms with Gasteiger partial charge in [-0.3, -0.25) is 0 Å². The summed E-state index contributed by atoms with van der Waals surface area (Å²) in [6.45, 7) is 5.57. The second-order valence-corrected chi connectivity index (χ2v) is 4.14. The minimum Gasteiger partial charge on any atom is -0.387 e. The van der Waals surface area contributed by atoms with Gasteiger partial charge < -0.3 is 10.4 Å². The number of aryl methyl sites for hydroxylation is 1. The Morgan fingerprint density at radius 1 is 1.47 bits per heavy atom. The summed E-state index contributed by atoms with van der Waals surface area (Å²) in [7, 11) is 0. The maximum Gasteiger partial charge on any atom is 0.0914 e. The van der Waals surface area contributed by atoms with E-state index in [1.807, 2.05) is 25.1 Å². The number of halogens is 1.